The highest BCUT2D eigenvalue weighted by atomic mass is 79.9. The Balaban J connectivity index is 1.82. The molecule has 4 aromatic carbocycles. The molecule has 0 saturated heterocycles. The van der Waals surface area contributed by atoms with Gasteiger partial charge in [-0.1, -0.05) is 95.7 Å². The molecule has 230 valence electrons. The molecule has 2 amide bonds. The molecule has 0 bridgehead atoms. The second-order valence-electron chi connectivity index (χ2n) is 10.8. The van der Waals surface area contributed by atoms with Crippen molar-refractivity contribution in [2.24, 2.45) is 0 Å². The van der Waals surface area contributed by atoms with E-state index in [1.54, 1.807) is 24.3 Å². The van der Waals surface area contributed by atoms with E-state index in [0.29, 0.717) is 17.8 Å². The fourth-order valence-corrected chi connectivity index (χ4v) is 6.91. The maximum absolute atomic E-state index is 14.5. The van der Waals surface area contributed by atoms with Crippen LogP contribution in [0.1, 0.15) is 35.6 Å². The summed E-state index contributed by atoms with van der Waals surface area (Å²) in [6, 6.07) is 29.8. The monoisotopic (exact) mass is 675 g/mol. The fourth-order valence-electron chi connectivity index (χ4n) is 4.97. The Hall–Kier alpha value is -3.95. The first-order valence-corrected chi connectivity index (χ1v) is 16.8. The SMILES string of the molecule is CCCNC(=O)[C@H](Cc1ccccc1)N(Cc1cccc(Br)c1)C(=O)CN(c1cc(C)ccc1C)S(=O)(=O)c1ccccc1. The van der Waals surface area contributed by atoms with E-state index in [4.69, 9.17) is 0 Å². The Kier molecular flexibility index (Phi) is 11.4. The molecule has 0 fully saturated rings. The average molecular weight is 677 g/mol. The van der Waals surface area contributed by atoms with Crippen molar-refractivity contribution in [1.82, 2.24) is 10.2 Å². The first-order valence-electron chi connectivity index (χ1n) is 14.6. The molecule has 4 rings (SSSR count). The summed E-state index contributed by atoms with van der Waals surface area (Å²) in [7, 11) is -4.14. The van der Waals surface area contributed by atoms with Crippen LogP contribution in [0.4, 0.5) is 5.69 Å². The molecule has 1 N–H and O–H groups in total. The van der Waals surface area contributed by atoms with E-state index in [9.17, 15) is 18.0 Å². The van der Waals surface area contributed by atoms with Gasteiger partial charge in [0.15, 0.2) is 0 Å². The lowest BCUT2D eigenvalue weighted by molar-refractivity contribution is -0.140. The highest BCUT2D eigenvalue weighted by molar-refractivity contribution is 9.10. The van der Waals surface area contributed by atoms with Crippen LogP contribution in [0.5, 0.6) is 0 Å². The predicted molar refractivity (Wildman–Crippen MR) is 179 cm³/mol. The Morgan fingerprint density at radius 3 is 2.16 bits per heavy atom. The van der Waals surface area contributed by atoms with Gasteiger partial charge in [-0.25, -0.2) is 8.42 Å². The summed E-state index contributed by atoms with van der Waals surface area (Å²) in [5.74, 6) is -0.777. The Bertz CT molecular complexity index is 1680. The molecule has 0 aliphatic rings. The highest BCUT2D eigenvalue weighted by Crippen LogP contribution is 2.29. The van der Waals surface area contributed by atoms with Crippen molar-refractivity contribution in [2.75, 3.05) is 17.4 Å². The summed E-state index contributed by atoms with van der Waals surface area (Å²) in [5, 5.41) is 2.97. The van der Waals surface area contributed by atoms with Gasteiger partial charge in [0.2, 0.25) is 11.8 Å². The normalized spacial score (nSPS) is 11.9. The maximum Gasteiger partial charge on any atom is 0.264 e. The van der Waals surface area contributed by atoms with E-state index in [1.165, 1.54) is 21.3 Å². The molecule has 7 nitrogen and oxygen atoms in total. The van der Waals surface area contributed by atoms with Crippen LogP contribution in [-0.4, -0.2) is 44.3 Å². The van der Waals surface area contributed by atoms with Gasteiger partial charge in [0, 0.05) is 24.0 Å². The van der Waals surface area contributed by atoms with Gasteiger partial charge in [-0.2, -0.15) is 0 Å². The number of carbonyl (C=O) groups is 2. The van der Waals surface area contributed by atoms with Crippen LogP contribution in [0, 0.1) is 13.8 Å². The summed E-state index contributed by atoms with van der Waals surface area (Å²) in [6.07, 6.45) is 1.00. The first kappa shape index (κ1) is 33.0. The van der Waals surface area contributed by atoms with E-state index >= 15 is 0 Å². The van der Waals surface area contributed by atoms with E-state index < -0.39 is 28.5 Å². The van der Waals surface area contributed by atoms with Gasteiger partial charge in [0.05, 0.1) is 10.6 Å². The number of aryl methyl sites for hydroxylation is 2. The van der Waals surface area contributed by atoms with Crippen molar-refractivity contribution >= 4 is 43.5 Å². The number of benzene rings is 4. The molecule has 0 aliphatic heterocycles. The number of nitrogens with zero attached hydrogens (tertiary/aromatic N) is 2. The van der Waals surface area contributed by atoms with Gasteiger partial charge in [0.1, 0.15) is 12.6 Å². The van der Waals surface area contributed by atoms with Gasteiger partial charge in [-0.3, -0.25) is 13.9 Å². The lowest BCUT2D eigenvalue weighted by Crippen LogP contribution is -2.53. The largest absolute Gasteiger partial charge is 0.354 e. The molecule has 0 unspecified atom stereocenters. The zero-order valence-electron chi connectivity index (χ0n) is 25.2. The molecule has 44 heavy (non-hydrogen) atoms. The molecule has 0 aliphatic carbocycles. The molecule has 1 atom stereocenters. The number of hydrogen-bond donors (Lipinski definition) is 1. The van der Waals surface area contributed by atoms with Crippen molar-refractivity contribution in [3.8, 4) is 0 Å². The van der Waals surface area contributed by atoms with Crippen LogP contribution < -0.4 is 9.62 Å². The van der Waals surface area contributed by atoms with Gasteiger partial charge >= 0.3 is 0 Å². The second-order valence-corrected chi connectivity index (χ2v) is 13.5. The molecule has 0 spiro atoms. The van der Waals surface area contributed by atoms with Crippen LogP contribution in [-0.2, 0) is 32.6 Å². The topological polar surface area (TPSA) is 86.8 Å². The van der Waals surface area contributed by atoms with Gasteiger partial charge in [-0.05, 0) is 72.9 Å². The third kappa shape index (κ3) is 8.36. The summed E-state index contributed by atoms with van der Waals surface area (Å²) < 4.78 is 30.3. The Morgan fingerprint density at radius 1 is 0.841 bits per heavy atom. The first-order chi connectivity index (χ1) is 21.1. The quantitative estimate of drug-likeness (QED) is 0.177. The van der Waals surface area contributed by atoms with Gasteiger partial charge in [-0.15, -0.1) is 0 Å². The number of sulfonamides is 1. The molecule has 0 radical (unpaired) electrons. The minimum Gasteiger partial charge on any atom is -0.354 e. The molecule has 4 aromatic rings. The fraction of sp³-hybridized carbons (Fsp3) is 0.257. The van der Waals surface area contributed by atoms with Crippen molar-refractivity contribution in [1.29, 1.82) is 0 Å². The third-order valence-electron chi connectivity index (χ3n) is 7.31. The van der Waals surface area contributed by atoms with Crippen molar-refractivity contribution < 1.29 is 18.0 Å². The van der Waals surface area contributed by atoms with Crippen molar-refractivity contribution in [2.45, 2.75) is 51.1 Å². The lowest BCUT2D eigenvalue weighted by Gasteiger charge is -2.34. The van der Waals surface area contributed by atoms with Crippen LogP contribution >= 0.6 is 15.9 Å². The Labute approximate surface area is 269 Å². The Morgan fingerprint density at radius 2 is 1.50 bits per heavy atom. The van der Waals surface area contributed by atoms with E-state index in [0.717, 1.165) is 27.6 Å². The van der Waals surface area contributed by atoms with Crippen LogP contribution in [0.2, 0.25) is 0 Å². The second kappa shape index (κ2) is 15.2. The van der Waals surface area contributed by atoms with E-state index in [2.05, 4.69) is 21.2 Å². The van der Waals surface area contributed by atoms with Crippen molar-refractivity contribution in [3.05, 3.63) is 130 Å². The molecular formula is C35H38BrN3O4S. The summed E-state index contributed by atoms with van der Waals surface area (Å²) >= 11 is 3.51. The number of carbonyl (C=O) groups excluding carboxylic acids is 2. The van der Waals surface area contributed by atoms with Gasteiger partial charge in [0.25, 0.3) is 10.0 Å². The standard InChI is InChI=1S/C35H38BrN3O4S/c1-4-20-37-35(41)33(23-28-12-7-5-8-13-28)38(24-29-14-11-15-30(36)22-29)34(40)25-39(32-21-26(2)18-19-27(32)3)44(42,43)31-16-9-6-10-17-31/h5-19,21-22,33H,4,20,23-25H2,1-3H3,(H,37,41)/t33-/m0/s1. The number of anilines is 1. The zero-order chi connectivity index (χ0) is 31.7. The smallest absolute Gasteiger partial charge is 0.264 e. The molecule has 0 heterocycles. The number of rotatable bonds is 13. The summed E-state index contributed by atoms with van der Waals surface area (Å²) in [5.41, 5.74) is 3.68. The predicted octanol–water partition coefficient (Wildman–Crippen LogP) is 6.43. The minimum absolute atomic E-state index is 0.0776. The number of nitrogens with one attached hydrogen (secondary N) is 1. The van der Waals surface area contributed by atoms with Gasteiger partial charge < -0.3 is 10.2 Å². The van der Waals surface area contributed by atoms with Crippen LogP contribution in [0.3, 0.4) is 0 Å². The van der Waals surface area contributed by atoms with Crippen LogP contribution in [0.15, 0.2) is 112 Å². The van der Waals surface area contributed by atoms with E-state index in [-0.39, 0.29) is 23.8 Å². The maximum atomic E-state index is 14.5. The number of halogens is 1. The third-order valence-corrected chi connectivity index (χ3v) is 9.57. The van der Waals surface area contributed by atoms with Crippen LogP contribution in [0.25, 0.3) is 0 Å². The van der Waals surface area contributed by atoms with Crippen molar-refractivity contribution in [3.63, 3.8) is 0 Å². The number of hydrogen-bond acceptors (Lipinski definition) is 4. The number of amides is 2. The summed E-state index contributed by atoms with van der Waals surface area (Å²) in [6.45, 7) is 5.75. The molecule has 9 heteroatoms. The zero-order valence-corrected chi connectivity index (χ0v) is 27.6. The highest BCUT2D eigenvalue weighted by Gasteiger charge is 2.35. The molecule has 0 saturated carbocycles. The minimum atomic E-state index is -4.14. The average Bonchev–Trinajstić information content (AvgIpc) is 3.02. The molecular weight excluding hydrogens is 638 g/mol. The van der Waals surface area contributed by atoms with E-state index in [1.807, 2.05) is 87.5 Å². The lowest BCUT2D eigenvalue weighted by atomic mass is 10.0. The summed E-state index contributed by atoms with van der Waals surface area (Å²) in [4.78, 5) is 29.9. The molecule has 0 aromatic heterocycles.